The summed E-state index contributed by atoms with van der Waals surface area (Å²) < 4.78 is 0. The van der Waals surface area contributed by atoms with Crippen LogP contribution in [0, 0.1) is 0 Å². The van der Waals surface area contributed by atoms with Gasteiger partial charge in [-0.05, 0) is 19.1 Å². The maximum absolute atomic E-state index is 11.9. The number of rotatable bonds is 7. The highest BCUT2D eigenvalue weighted by molar-refractivity contribution is 8.00. The molecular formula is C16H25N3O2S. The van der Waals surface area contributed by atoms with Crippen molar-refractivity contribution in [1.29, 1.82) is 0 Å². The number of thioether (sulfide) groups is 1. The van der Waals surface area contributed by atoms with E-state index in [-0.39, 0.29) is 17.9 Å². The van der Waals surface area contributed by atoms with Gasteiger partial charge in [-0.3, -0.25) is 9.59 Å². The fourth-order valence-electron chi connectivity index (χ4n) is 1.79. The molecule has 0 saturated carbocycles. The molecule has 1 rings (SSSR count). The van der Waals surface area contributed by atoms with Crippen LogP contribution >= 0.6 is 11.8 Å². The molecule has 5 nitrogen and oxygen atoms in total. The lowest BCUT2D eigenvalue weighted by molar-refractivity contribution is -0.118. The predicted octanol–water partition coefficient (Wildman–Crippen LogP) is 2.00. The Hall–Kier alpha value is -1.69. The molecular weight excluding hydrogens is 298 g/mol. The monoisotopic (exact) mass is 323 g/mol. The van der Waals surface area contributed by atoms with Gasteiger partial charge in [-0.25, -0.2) is 0 Å². The van der Waals surface area contributed by atoms with E-state index in [9.17, 15) is 9.59 Å². The van der Waals surface area contributed by atoms with Gasteiger partial charge in [0.25, 0.3) is 5.91 Å². The van der Waals surface area contributed by atoms with E-state index >= 15 is 0 Å². The molecule has 1 heterocycles. The Labute approximate surface area is 136 Å². The minimum absolute atomic E-state index is 0.00242. The van der Waals surface area contributed by atoms with Crippen molar-refractivity contribution < 1.29 is 9.59 Å². The third-order valence-electron chi connectivity index (χ3n) is 2.93. The van der Waals surface area contributed by atoms with Crippen molar-refractivity contribution in [2.45, 2.75) is 39.0 Å². The molecule has 0 aliphatic carbocycles. The Morgan fingerprint density at radius 3 is 2.73 bits per heavy atom. The number of nitrogens with one attached hydrogen (secondary N) is 2. The molecule has 0 aromatic heterocycles. The number of hydrogen-bond acceptors (Lipinski definition) is 4. The molecule has 0 atom stereocenters. The SMILES string of the molecule is C=C1NC(=O)C(/C=C/CNC(=O)CSC(C)C)=CN1C(C)C. The van der Waals surface area contributed by atoms with Crippen molar-refractivity contribution in [3.63, 3.8) is 0 Å². The second-order valence-corrected chi connectivity index (χ2v) is 7.12. The summed E-state index contributed by atoms with van der Waals surface area (Å²) in [5, 5.41) is 5.96. The molecule has 22 heavy (non-hydrogen) atoms. The van der Waals surface area contributed by atoms with Crippen LogP contribution in [0.2, 0.25) is 0 Å². The summed E-state index contributed by atoms with van der Waals surface area (Å²) >= 11 is 1.60. The predicted molar refractivity (Wildman–Crippen MR) is 92.1 cm³/mol. The van der Waals surface area contributed by atoms with Gasteiger partial charge in [0.15, 0.2) is 0 Å². The second kappa shape index (κ2) is 8.68. The molecule has 2 N–H and O–H groups in total. The molecule has 1 aliphatic rings. The van der Waals surface area contributed by atoms with Gasteiger partial charge >= 0.3 is 0 Å². The van der Waals surface area contributed by atoms with Crippen molar-refractivity contribution in [3.8, 4) is 0 Å². The molecule has 0 radical (unpaired) electrons. The van der Waals surface area contributed by atoms with Gasteiger partial charge in [0.05, 0.1) is 11.3 Å². The van der Waals surface area contributed by atoms with Crippen LogP contribution < -0.4 is 10.6 Å². The Morgan fingerprint density at radius 2 is 2.14 bits per heavy atom. The van der Waals surface area contributed by atoms with Crippen LogP contribution in [-0.4, -0.2) is 40.3 Å². The first-order valence-electron chi connectivity index (χ1n) is 7.36. The minimum atomic E-state index is -0.181. The summed E-state index contributed by atoms with van der Waals surface area (Å²) in [5.74, 6) is 0.856. The molecule has 0 bridgehead atoms. The lowest BCUT2D eigenvalue weighted by Crippen LogP contribution is -2.40. The molecule has 0 saturated heterocycles. The average molecular weight is 323 g/mol. The highest BCUT2D eigenvalue weighted by Gasteiger charge is 2.20. The molecule has 0 unspecified atom stereocenters. The summed E-state index contributed by atoms with van der Waals surface area (Å²) in [4.78, 5) is 25.3. The second-order valence-electron chi connectivity index (χ2n) is 5.55. The van der Waals surface area contributed by atoms with Crippen LogP contribution in [0.1, 0.15) is 27.7 Å². The van der Waals surface area contributed by atoms with Gasteiger partial charge in [-0.1, -0.05) is 32.6 Å². The average Bonchev–Trinajstić information content (AvgIpc) is 2.42. The van der Waals surface area contributed by atoms with Crippen molar-refractivity contribution in [1.82, 2.24) is 15.5 Å². The third-order valence-corrected chi connectivity index (χ3v) is 4.02. The Kier molecular flexibility index (Phi) is 7.24. The van der Waals surface area contributed by atoms with Crippen molar-refractivity contribution in [3.05, 3.63) is 36.3 Å². The molecule has 0 fully saturated rings. The van der Waals surface area contributed by atoms with Gasteiger partial charge < -0.3 is 15.5 Å². The number of carbonyl (C=O) groups is 2. The number of amides is 2. The van der Waals surface area contributed by atoms with E-state index in [0.29, 0.717) is 28.9 Å². The van der Waals surface area contributed by atoms with Crippen LogP contribution in [0.4, 0.5) is 0 Å². The summed E-state index contributed by atoms with van der Waals surface area (Å²) in [7, 11) is 0. The first-order chi connectivity index (χ1) is 10.3. The van der Waals surface area contributed by atoms with E-state index < -0.39 is 0 Å². The highest BCUT2D eigenvalue weighted by Crippen LogP contribution is 2.15. The molecule has 0 aromatic rings. The van der Waals surface area contributed by atoms with E-state index in [2.05, 4.69) is 31.1 Å². The number of carbonyl (C=O) groups excluding carboxylic acids is 2. The molecule has 0 spiro atoms. The number of nitrogens with zero attached hydrogens (tertiary/aromatic N) is 1. The van der Waals surface area contributed by atoms with Crippen molar-refractivity contribution in [2.24, 2.45) is 0 Å². The van der Waals surface area contributed by atoms with Gasteiger partial charge in [0, 0.05) is 18.8 Å². The molecule has 0 aromatic carbocycles. The van der Waals surface area contributed by atoms with Crippen LogP contribution in [0.5, 0.6) is 0 Å². The third kappa shape index (κ3) is 5.97. The Bertz CT molecular complexity index is 496. The molecule has 6 heteroatoms. The van der Waals surface area contributed by atoms with Crippen LogP contribution in [0.3, 0.4) is 0 Å². The van der Waals surface area contributed by atoms with Crippen molar-refractivity contribution in [2.75, 3.05) is 12.3 Å². The molecule has 122 valence electrons. The van der Waals surface area contributed by atoms with Crippen LogP contribution in [-0.2, 0) is 9.59 Å². The zero-order valence-corrected chi connectivity index (χ0v) is 14.5. The van der Waals surface area contributed by atoms with E-state index in [4.69, 9.17) is 0 Å². The lowest BCUT2D eigenvalue weighted by atomic mass is 10.2. The van der Waals surface area contributed by atoms with E-state index in [1.54, 1.807) is 30.1 Å². The summed E-state index contributed by atoms with van der Waals surface area (Å²) in [6, 6.07) is 0.212. The standard InChI is InChI=1S/C16H25N3O2S/c1-11(2)19-9-14(16(21)18-13(19)5)7-6-8-17-15(20)10-22-12(3)4/h6-7,9,11-12H,5,8,10H2,1-4H3,(H,17,20)(H,18,21)/b7-6+. The summed E-state index contributed by atoms with van der Waals surface area (Å²) in [5.41, 5.74) is 0.548. The lowest BCUT2D eigenvalue weighted by Gasteiger charge is -2.31. The normalized spacial score (nSPS) is 15.5. The summed E-state index contributed by atoms with van der Waals surface area (Å²) in [6.45, 7) is 12.4. The fourth-order valence-corrected chi connectivity index (χ4v) is 2.37. The van der Waals surface area contributed by atoms with Gasteiger partial charge in [-0.15, -0.1) is 11.8 Å². The van der Waals surface area contributed by atoms with Gasteiger partial charge in [0.1, 0.15) is 5.82 Å². The first kappa shape index (κ1) is 18.4. The fraction of sp³-hybridized carbons (Fsp3) is 0.500. The largest absolute Gasteiger partial charge is 0.352 e. The topological polar surface area (TPSA) is 61.4 Å². The quantitative estimate of drug-likeness (QED) is 0.752. The van der Waals surface area contributed by atoms with Gasteiger partial charge in [0.2, 0.25) is 5.91 Å². The molecule has 1 aliphatic heterocycles. The zero-order valence-electron chi connectivity index (χ0n) is 13.7. The van der Waals surface area contributed by atoms with Crippen molar-refractivity contribution >= 4 is 23.6 Å². The maximum atomic E-state index is 11.9. The Balaban J connectivity index is 2.51. The first-order valence-corrected chi connectivity index (χ1v) is 8.41. The van der Waals surface area contributed by atoms with E-state index in [0.717, 1.165) is 0 Å². The summed E-state index contributed by atoms with van der Waals surface area (Å²) in [6.07, 6.45) is 5.27. The zero-order chi connectivity index (χ0) is 16.7. The maximum Gasteiger partial charge on any atom is 0.258 e. The van der Waals surface area contributed by atoms with E-state index in [1.165, 1.54) is 0 Å². The van der Waals surface area contributed by atoms with Gasteiger partial charge in [-0.2, -0.15) is 0 Å². The minimum Gasteiger partial charge on any atom is -0.352 e. The smallest absolute Gasteiger partial charge is 0.258 e. The van der Waals surface area contributed by atoms with E-state index in [1.807, 2.05) is 18.7 Å². The molecule has 2 amide bonds. The highest BCUT2D eigenvalue weighted by atomic mass is 32.2. The van der Waals surface area contributed by atoms with Crippen LogP contribution in [0.25, 0.3) is 0 Å². The Morgan fingerprint density at radius 1 is 1.45 bits per heavy atom. The van der Waals surface area contributed by atoms with Crippen LogP contribution in [0.15, 0.2) is 36.3 Å². The number of hydrogen-bond donors (Lipinski definition) is 2.